The van der Waals surface area contributed by atoms with Gasteiger partial charge in [0.1, 0.15) is 22.3 Å². The molecule has 2 heteroatoms. The topological polar surface area (TPSA) is 26.3 Å². The lowest BCUT2D eigenvalue weighted by atomic mass is 9.83. The average molecular weight is 1140 g/mol. The van der Waals surface area contributed by atoms with Gasteiger partial charge in [-0.25, -0.2) is 0 Å². The van der Waals surface area contributed by atoms with Crippen molar-refractivity contribution in [2.75, 3.05) is 0 Å². The minimum absolute atomic E-state index is 0.880. The first kappa shape index (κ1) is 49.3. The van der Waals surface area contributed by atoms with Gasteiger partial charge in [-0.3, -0.25) is 0 Å². The standard InChI is InChI=1S/C88H50O2/c1-2-19-59-51(17-1)35-36-52-18-15-32-74(81(52)59)85-70-28-11-9-26-68(70)83(69-27-10-12-29-71(69)85)57-40-44-61-54(48-57)42-46-80-87(61)75-33-16-31-72(88(75)90-80)77-49-55-37-38-58(50-76(55)62-20-3-4-21-63(62)77)84-66-24-7-5-22-64(66)82(65-23-6-8-25-67(65)84)56-39-43-60-53(47-56)41-45-79-86(60)73-30-13-14-34-78(73)89-79/h1-50H. The second kappa shape index (κ2) is 18.8. The van der Waals surface area contributed by atoms with Crippen LogP contribution in [0.2, 0.25) is 0 Å². The molecule has 0 saturated heterocycles. The number of hydrogen-bond acceptors (Lipinski definition) is 2. The van der Waals surface area contributed by atoms with E-state index in [0.717, 1.165) is 49.6 Å². The summed E-state index contributed by atoms with van der Waals surface area (Å²) in [5.41, 5.74) is 15.7. The molecule has 0 N–H and O–H groups in total. The van der Waals surface area contributed by atoms with E-state index in [4.69, 9.17) is 8.83 Å². The number of furan rings is 2. The zero-order chi connectivity index (χ0) is 58.7. The molecule has 0 amide bonds. The van der Waals surface area contributed by atoms with E-state index in [2.05, 4.69) is 297 Å². The SMILES string of the molecule is c1ccc2c(c1)ccc1cccc(-c3c4ccccc4c(-c4ccc5c(ccc6oc7c(-c8cc9ccc(-c%10c%11ccccc%11c(-c%11ccc%12c(ccc%13oc%14ccccc%14c%13%12)c%11)c%11ccccc%10%11)cc9c9ccccc89)cccc7c65)c4)c4ccccc34)c12. The zero-order valence-corrected chi connectivity index (χ0v) is 48.7. The predicted molar refractivity (Wildman–Crippen MR) is 383 cm³/mol. The van der Waals surface area contributed by atoms with Gasteiger partial charge in [-0.1, -0.05) is 261 Å². The van der Waals surface area contributed by atoms with E-state index in [1.54, 1.807) is 0 Å². The molecule has 414 valence electrons. The van der Waals surface area contributed by atoms with Gasteiger partial charge >= 0.3 is 0 Å². The number of para-hydroxylation sites is 2. The molecule has 0 atom stereocenters. The Balaban J connectivity index is 0.717. The highest BCUT2D eigenvalue weighted by Crippen LogP contribution is 2.51. The smallest absolute Gasteiger partial charge is 0.143 e. The molecule has 0 fully saturated rings. The molecule has 2 nitrogen and oxygen atoms in total. The monoisotopic (exact) mass is 1140 g/mol. The third-order valence-corrected chi connectivity index (χ3v) is 19.8. The van der Waals surface area contributed by atoms with Crippen LogP contribution in [0.15, 0.2) is 312 Å². The highest BCUT2D eigenvalue weighted by molar-refractivity contribution is 6.29. The van der Waals surface area contributed by atoms with Gasteiger partial charge in [-0.15, -0.1) is 0 Å². The molecule has 0 aliphatic rings. The van der Waals surface area contributed by atoms with Gasteiger partial charge in [0, 0.05) is 27.1 Å². The maximum Gasteiger partial charge on any atom is 0.143 e. The molecule has 20 aromatic rings. The van der Waals surface area contributed by atoms with Crippen LogP contribution in [0.5, 0.6) is 0 Å². The fourth-order valence-corrected chi connectivity index (χ4v) is 15.9. The third-order valence-electron chi connectivity index (χ3n) is 19.8. The molecule has 0 radical (unpaired) electrons. The maximum absolute atomic E-state index is 7.10. The highest BCUT2D eigenvalue weighted by Gasteiger charge is 2.24. The molecule has 0 aliphatic heterocycles. The normalized spacial score (nSPS) is 12.2. The quantitative estimate of drug-likeness (QED) is 0.127. The van der Waals surface area contributed by atoms with Crippen LogP contribution in [0.25, 0.3) is 207 Å². The van der Waals surface area contributed by atoms with Crippen LogP contribution in [-0.2, 0) is 0 Å². The highest BCUT2D eigenvalue weighted by atomic mass is 16.3. The van der Waals surface area contributed by atoms with Crippen LogP contribution in [0.1, 0.15) is 0 Å². The summed E-state index contributed by atoms with van der Waals surface area (Å²) >= 11 is 0. The molecule has 0 spiro atoms. The number of fused-ring (bicyclic) bond motifs is 20. The largest absolute Gasteiger partial charge is 0.456 e. The summed E-state index contributed by atoms with van der Waals surface area (Å²) in [5.74, 6) is 0. The van der Waals surface area contributed by atoms with Gasteiger partial charge in [0.2, 0.25) is 0 Å². The molecule has 90 heavy (non-hydrogen) atoms. The van der Waals surface area contributed by atoms with Crippen LogP contribution < -0.4 is 0 Å². The Labute approximate surface area is 516 Å². The van der Waals surface area contributed by atoms with Crippen molar-refractivity contribution in [2.45, 2.75) is 0 Å². The Hall–Kier alpha value is -11.8. The van der Waals surface area contributed by atoms with Crippen molar-refractivity contribution in [3.8, 4) is 55.6 Å². The first-order chi connectivity index (χ1) is 44.6. The summed E-state index contributed by atoms with van der Waals surface area (Å²) in [6.45, 7) is 0. The van der Waals surface area contributed by atoms with Crippen molar-refractivity contribution in [2.24, 2.45) is 0 Å². The van der Waals surface area contributed by atoms with Crippen LogP contribution >= 0.6 is 0 Å². The lowest BCUT2D eigenvalue weighted by molar-refractivity contribution is 0.669. The maximum atomic E-state index is 7.10. The van der Waals surface area contributed by atoms with E-state index in [0.29, 0.717) is 0 Å². The number of benzene rings is 18. The Morgan fingerprint density at radius 1 is 0.167 bits per heavy atom. The zero-order valence-electron chi connectivity index (χ0n) is 48.7. The van der Waals surface area contributed by atoms with Crippen molar-refractivity contribution in [1.29, 1.82) is 0 Å². The average Bonchev–Trinajstić information content (AvgIpc) is 1.13. The van der Waals surface area contributed by atoms with E-state index in [1.807, 2.05) is 6.07 Å². The first-order valence-electron chi connectivity index (χ1n) is 31.1. The van der Waals surface area contributed by atoms with Crippen LogP contribution in [0.4, 0.5) is 0 Å². The summed E-state index contributed by atoms with van der Waals surface area (Å²) in [4.78, 5) is 0. The van der Waals surface area contributed by atoms with Gasteiger partial charge < -0.3 is 8.83 Å². The van der Waals surface area contributed by atoms with E-state index in [1.165, 1.54) is 158 Å². The van der Waals surface area contributed by atoms with Gasteiger partial charge in [0.15, 0.2) is 0 Å². The summed E-state index contributed by atoms with van der Waals surface area (Å²) in [5, 5.41) is 29.0. The molecule has 2 heterocycles. The Morgan fingerprint density at radius 3 is 1.19 bits per heavy atom. The van der Waals surface area contributed by atoms with E-state index in [9.17, 15) is 0 Å². The summed E-state index contributed by atoms with van der Waals surface area (Å²) in [6.07, 6.45) is 0. The lowest BCUT2D eigenvalue weighted by Gasteiger charge is -2.19. The molecular weight excluding hydrogens is 1090 g/mol. The van der Waals surface area contributed by atoms with Gasteiger partial charge in [-0.2, -0.15) is 0 Å². The second-order valence-electron chi connectivity index (χ2n) is 24.4. The Morgan fingerprint density at radius 2 is 0.567 bits per heavy atom. The van der Waals surface area contributed by atoms with Crippen LogP contribution in [0.3, 0.4) is 0 Å². The van der Waals surface area contributed by atoms with Crippen molar-refractivity contribution >= 4 is 152 Å². The summed E-state index contributed by atoms with van der Waals surface area (Å²) in [6, 6.07) is 112. The van der Waals surface area contributed by atoms with Crippen molar-refractivity contribution < 1.29 is 8.83 Å². The van der Waals surface area contributed by atoms with Crippen LogP contribution in [0, 0.1) is 0 Å². The Kier molecular flexibility index (Phi) is 10.3. The summed E-state index contributed by atoms with van der Waals surface area (Å²) < 4.78 is 13.4. The second-order valence-corrected chi connectivity index (χ2v) is 24.4. The van der Waals surface area contributed by atoms with Gasteiger partial charge in [0.05, 0.1) is 0 Å². The van der Waals surface area contributed by atoms with Crippen molar-refractivity contribution in [3.63, 3.8) is 0 Å². The van der Waals surface area contributed by atoms with E-state index < -0.39 is 0 Å². The minimum Gasteiger partial charge on any atom is -0.456 e. The fourth-order valence-electron chi connectivity index (χ4n) is 15.9. The third kappa shape index (κ3) is 7.04. The molecule has 0 bridgehead atoms. The van der Waals surface area contributed by atoms with E-state index in [-0.39, 0.29) is 0 Å². The molecule has 0 saturated carbocycles. The molecule has 0 unspecified atom stereocenters. The molecule has 2 aromatic heterocycles. The molecule has 0 aliphatic carbocycles. The minimum atomic E-state index is 0.880. The van der Waals surface area contributed by atoms with Gasteiger partial charge in [-0.05, 0) is 200 Å². The lowest BCUT2D eigenvalue weighted by Crippen LogP contribution is -1.92. The Bertz CT molecular complexity index is 6420. The van der Waals surface area contributed by atoms with Gasteiger partial charge in [0.25, 0.3) is 0 Å². The van der Waals surface area contributed by atoms with Crippen molar-refractivity contribution in [3.05, 3.63) is 303 Å². The first-order valence-corrected chi connectivity index (χ1v) is 31.1. The van der Waals surface area contributed by atoms with E-state index >= 15 is 0 Å². The number of hydrogen-bond donors (Lipinski definition) is 0. The van der Waals surface area contributed by atoms with Crippen molar-refractivity contribution in [1.82, 2.24) is 0 Å². The molecule has 20 rings (SSSR count). The summed E-state index contributed by atoms with van der Waals surface area (Å²) in [7, 11) is 0. The predicted octanol–water partition coefficient (Wildman–Crippen LogP) is 25.4. The molecular formula is C88H50O2. The fraction of sp³-hybridized carbons (Fsp3) is 0. The van der Waals surface area contributed by atoms with Crippen LogP contribution in [-0.4, -0.2) is 0 Å². The number of rotatable bonds is 5. The molecule has 18 aromatic carbocycles.